The molecule has 2 heterocycles. The van der Waals surface area contributed by atoms with Crippen LogP contribution in [0.1, 0.15) is 39.8 Å². The quantitative estimate of drug-likeness (QED) is 0.260. The molecule has 0 fully saturated rings. The van der Waals surface area contributed by atoms with Gasteiger partial charge in [-0.1, -0.05) is 48.2 Å². The van der Waals surface area contributed by atoms with E-state index < -0.39 is 0 Å². The number of aryl methyl sites for hydroxylation is 3. The molecule has 0 radical (unpaired) electrons. The Kier molecular flexibility index (Phi) is 6.33. The second-order valence-electron chi connectivity index (χ2n) is 8.02. The minimum absolute atomic E-state index is 0.102. The molecule has 6 heteroatoms. The molecule has 0 N–H and O–H groups in total. The fourth-order valence-electron chi connectivity index (χ4n) is 4.00. The number of hydrogen-bond acceptors (Lipinski definition) is 4. The second-order valence-corrected chi connectivity index (χ2v) is 8.96. The van der Waals surface area contributed by atoms with Gasteiger partial charge in [0.1, 0.15) is 0 Å². The van der Waals surface area contributed by atoms with Crippen molar-refractivity contribution in [3.8, 4) is 17.1 Å². The van der Waals surface area contributed by atoms with Crippen molar-refractivity contribution in [1.82, 2.24) is 19.3 Å². The van der Waals surface area contributed by atoms with E-state index in [1.807, 2.05) is 50.2 Å². The summed E-state index contributed by atoms with van der Waals surface area (Å²) in [5, 5.41) is 9.50. The van der Waals surface area contributed by atoms with Crippen molar-refractivity contribution in [2.45, 2.75) is 46.3 Å². The largest absolute Gasteiger partial charge is 0.318 e. The van der Waals surface area contributed by atoms with Crippen molar-refractivity contribution in [1.29, 1.82) is 0 Å². The molecule has 0 atom stereocenters. The molecule has 164 valence electrons. The number of carbonyl (C=O) groups excluding carboxylic acids is 1. The van der Waals surface area contributed by atoms with Gasteiger partial charge in [0.2, 0.25) is 0 Å². The average Bonchev–Trinajstić information content (AvgIpc) is 3.34. The van der Waals surface area contributed by atoms with Crippen molar-refractivity contribution >= 4 is 17.5 Å². The highest BCUT2D eigenvalue weighted by Gasteiger charge is 2.19. The highest BCUT2D eigenvalue weighted by Crippen LogP contribution is 2.27. The van der Waals surface area contributed by atoms with E-state index in [-0.39, 0.29) is 5.78 Å². The maximum atomic E-state index is 13.1. The molecule has 2 aromatic carbocycles. The number of thioether (sulfide) groups is 1. The highest BCUT2D eigenvalue weighted by molar-refractivity contribution is 7.99. The van der Waals surface area contributed by atoms with Crippen molar-refractivity contribution in [2.24, 2.45) is 0 Å². The standard InChI is InChI=1S/C26H28N4OS/c1-6-29-25(21-10-8-7-9-11-21)27-28-26(29)32-16-24(31)23-15-19(4)30(20(23)5)22-13-12-17(2)18(3)14-22/h7-15H,6,16H2,1-5H3. The summed E-state index contributed by atoms with van der Waals surface area (Å²) in [5.41, 5.74) is 7.41. The molecule has 4 aromatic rings. The van der Waals surface area contributed by atoms with Crippen LogP contribution in [0.3, 0.4) is 0 Å². The van der Waals surface area contributed by atoms with Crippen LogP contribution >= 0.6 is 11.8 Å². The van der Waals surface area contributed by atoms with Gasteiger partial charge in [0.05, 0.1) is 5.75 Å². The molecule has 0 bridgehead atoms. The second kappa shape index (κ2) is 9.17. The summed E-state index contributed by atoms with van der Waals surface area (Å²) in [7, 11) is 0. The summed E-state index contributed by atoms with van der Waals surface area (Å²) >= 11 is 1.44. The topological polar surface area (TPSA) is 52.7 Å². The van der Waals surface area contributed by atoms with Crippen LogP contribution in [0.4, 0.5) is 0 Å². The molecule has 0 saturated heterocycles. The van der Waals surface area contributed by atoms with Crippen LogP contribution in [-0.4, -0.2) is 30.9 Å². The molecule has 2 aromatic heterocycles. The zero-order chi connectivity index (χ0) is 22.8. The van der Waals surface area contributed by atoms with E-state index in [2.05, 4.69) is 58.3 Å². The first-order chi connectivity index (χ1) is 15.4. The summed E-state index contributed by atoms with van der Waals surface area (Å²) in [5.74, 6) is 1.26. The zero-order valence-corrected chi connectivity index (χ0v) is 20.0. The highest BCUT2D eigenvalue weighted by atomic mass is 32.2. The number of nitrogens with zero attached hydrogens (tertiary/aromatic N) is 4. The van der Waals surface area contributed by atoms with Crippen molar-refractivity contribution in [3.63, 3.8) is 0 Å². The Morgan fingerprint density at radius 1 is 0.938 bits per heavy atom. The van der Waals surface area contributed by atoms with E-state index in [0.717, 1.165) is 45.7 Å². The first-order valence-corrected chi connectivity index (χ1v) is 11.8. The number of aromatic nitrogens is 4. The molecule has 0 spiro atoms. The molecule has 5 nitrogen and oxygen atoms in total. The van der Waals surface area contributed by atoms with Gasteiger partial charge in [-0.3, -0.25) is 4.79 Å². The van der Waals surface area contributed by atoms with Crippen molar-refractivity contribution in [3.05, 3.63) is 82.7 Å². The molecule has 0 unspecified atom stereocenters. The van der Waals surface area contributed by atoms with Crippen LogP contribution in [0.5, 0.6) is 0 Å². The Morgan fingerprint density at radius 2 is 1.69 bits per heavy atom. The molecule has 0 saturated carbocycles. The van der Waals surface area contributed by atoms with Crippen LogP contribution in [0.15, 0.2) is 59.8 Å². The van der Waals surface area contributed by atoms with Crippen LogP contribution in [0.25, 0.3) is 17.1 Å². The third kappa shape index (κ3) is 4.15. The summed E-state index contributed by atoms with van der Waals surface area (Å²) in [6, 6.07) is 18.4. The predicted octanol–water partition coefficient (Wildman–Crippen LogP) is 5.96. The lowest BCUT2D eigenvalue weighted by molar-refractivity contribution is 0.102. The fourth-order valence-corrected chi connectivity index (χ4v) is 4.88. The van der Waals surface area contributed by atoms with E-state index in [1.54, 1.807) is 0 Å². The molecule has 32 heavy (non-hydrogen) atoms. The van der Waals surface area contributed by atoms with Crippen LogP contribution in [-0.2, 0) is 6.54 Å². The Bertz CT molecular complexity index is 1270. The first kappa shape index (κ1) is 22.1. The summed E-state index contributed by atoms with van der Waals surface area (Å²) in [6.07, 6.45) is 0. The lowest BCUT2D eigenvalue weighted by Crippen LogP contribution is -2.07. The Morgan fingerprint density at radius 3 is 2.38 bits per heavy atom. The van der Waals surface area contributed by atoms with Gasteiger partial charge in [0, 0.05) is 34.7 Å². The van der Waals surface area contributed by atoms with E-state index >= 15 is 0 Å². The van der Waals surface area contributed by atoms with Gasteiger partial charge in [-0.05, 0) is 63.9 Å². The fraction of sp³-hybridized carbons (Fsp3) is 0.269. The van der Waals surface area contributed by atoms with Crippen LogP contribution in [0, 0.1) is 27.7 Å². The molecule has 0 aliphatic carbocycles. The number of Topliss-reactive ketones (excluding diaryl/α,β-unsaturated/α-hetero) is 1. The third-order valence-corrected chi connectivity index (χ3v) is 6.84. The third-order valence-electron chi connectivity index (χ3n) is 5.88. The van der Waals surface area contributed by atoms with E-state index in [0.29, 0.717) is 5.75 Å². The number of carbonyl (C=O) groups is 1. The van der Waals surface area contributed by atoms with Crippen LogP contribution in [0.2, 0.25) is 0 Å². The van der Waals surface area contributed by atoms with E-state index in [4.69, 9.17) is 0 Å². The maximum Gasteiger partial charge on any atom is 0.191 e. The van der Waals surface area contributed by atoms with Gasteiger partial charge < -0.3 is 9.13 Å². The molecular formula is C26H28N4OS. The normalized spacial score (nSPS) is 11.2. The summed E-state index contributed by atoms with van der Waals surface area (Å²) in [6.45, 7) is 11.1. The van der Waals surface area contributed by atoms with Gasteiger partial charge in [0.15, 0.2) is 16.8 Å². The number of benzene rings is 2. The zero-order valence-electron chi connectivity index (χ0n) is 19.2. The average molecular weight is 445 g/mol. The summed E-state index contributed by atoms with van der Waals surface area (Å²) in [4.78, 5) is 13.1. The Labute approximate surface area is 193 Å². The number of ketones is 1. The van der Waals surface area contributed by atoms with E-state index in [9.17, 15) is 4.79 Å². The smallest absolute Gasteiger partial charge is 0.191 e. The lowest BCUT2D eigenvalue weighted by Gasteiger charge is -2.12. The molecule has 4 rings (SSSR count). The van der Waals surface area contributed by atoms with Gasteiger partial charge in [-0.15, -0.1) is 10.2 Å². The maximum absolute atomic E-state index is 13.1. The van der Waals surface area contributed by atoms with Crippen molar-refractivity contribution < 1.29 is 4.79 Å². The molecule has 0 aliphatic heterocycles. The number of rotatable bonds is 7. The van der Waals surface area contributed by atoms with Gasteiger partial charge in [0.25, 0.3) is 0 Å². The minimum atomic E-state index is 0.102. The minimum Gasteiger partial charge on any atom is -0.318 e. The SMILES string of the molecule is CCn1c(SCC(=O)c2cc(C)n(-c3ccc(C)c(C)c3)c2C)nnc1-c1ccccc1. The molecule has 0 amide bonds. The summed E-state index contributed by atoms with van der Waals surface area (Å²) < 4.78 is 4.22. The van der Waals surface area contributed by atoms with Crippen molar-refractivity contribution in [2.75, 3.05) is 5.75 Å². The predicted molar refractivity (Wildman–Crippen MR) is 131 cm³/mol. The van der Waals surface area contributed by atoms with Gasteiger partial charge in [-0.25, -0.2) is 0 Å². The monoisotopic (exact) mass is 444 g/mol. The lowest BCUT2D eigenvalue weighted by atomic mass is 10.1. The number of hydrogen-bond donors (Lipinski definition) is 0. The Balaban J connectivity index is 1.56. The molecule has 0 aliphatic rings. The van der Waals surface area contributed by atoms with Crippen LogP contribution < -0.4 is 0 Å². The van der Waals surface area contributed by atoms with Gasteiger partial charge >= 0.3 is 0 Å². The Hall–Kier alpha value is -3.12. The first-order valence-electron chi connectivity index (χ1n) is 10.8. The van der Waals surface area contributed by atoms with Gasteiger partial charge in [-0.2, -0.15) is 0 Å². The van der Waals surface area contributed by atoms with E-state index in [1.165, 1.54) is 22.9 Å². The molecular weight excluding hydrogens is 416 g/mol.